The van der Waals surface area contributed by atoms with Gasteiger partial charge in [-0.25, -0.2) is 0 Å². The van der Waals surface area contributed by atoms with Gasteiger partial charge in [0, 0.05) is 10.8 Å². The highest BCUT2D eigenvalue weighted by Crippen LogP contribution is 2.22. The first-order valence-electron chi connectivity index (χ1n) is 5.33. The summed E-state index contributed by atoms with van der Waals surface area (Å²) in [6.07, 6.45) is 6.89. The molecule has 1 heterocycles. The van der Waals surface area contributed by atoms with E-state index in [1.165, 1.54) is 4.90 Å². The molecule has 0 amide bonds. The minimum atomic E-state index is -0.958. The second-order valence-electron chi connectivity index (χ2n) is 3.71. The fourth-order valence-corrected chi connectivity index (χ4v) is 1.73. The fraction of sp³-hybridized carbons (Fsp3) is 0.154. The third kappa shape index (κ3) is 2.38. The Bertz CT molecular complexity index is 614. The number of terminal acetylenes is 1. The van der Waals surface area contributed by atoms with Crippen LogP contribution in [0.25, 0.3) is 10.8 Å². The number of rotatable bonds is 4. The number of carbonyl (C=O) groups is 1. The molecule has 1 aromatic carbocycles. The highest BCUT2D eigenvalue weighted by Gasteiger charge is 2.14. The maximum absolute atomic E-state index is 10.8. The topological polar surface area (TPSA) is 66.3 Å². The van der Waals surface area contributed by atoms with Crippen LogP contribution in [0.15, 0.2) is 30.5 Å². The lowest BCUT2D eigenvalue weighted by molar-refractivity contribution is -0.135. The Kier molecular flexibility index (Phi) is 3.39. The van der Waals surface area contributed by atoms with Crippen LogP contribution < -0.4 is 4.90 Å². The van der Waals surface area contributed by atoms with Crippen LogP contribution in [0.5, 0.6) is 0 Å². The van der Waals surface area contributed by atoms with Gasteiger partial charge in [-0.15, -0.1) is 11.5 Å². The molecule has 0 unspecified atom stereocenters. The molecule has 0 atom stereocenters. The molecule has 0 saturated heterocycles. The van der Waals surface area contributed by atoms with Crippen molar-refractivity contribution in [2.75, 3.05) is 18.0 Å². The average Bonchev–Trinajstić information content (AvgIpc) is 2.37. The minimum absolute atomic E-state index is 0.176. The van der Waals surface area contributed by atoms with Crippen LogP contribution in [0.2, 0.25) is 0 Å². The Balaban J connectivity index is 2.50. The second-order valence-corrected chi connectivity index (χ2v) is 3.71. The van der Waals surface area contributed by atoms with E-state index in [4.69, 9.17) is 11.5 Å². The van der Waals surface area contributed by atoms with E-state index in [1.807, 2.05) is 24.3 Å². The van der Waals surface area contributed by atoms with Crippen molar-refractivity contribution in [1.82, 2.24) is 10.2 Å². The van der Waals surface area contributed by atoms with Gasteiger partial charge in [-0.05, 0) is 0 Å². The number of aliphatic carboxylic acids is 1. The number of hydrogen-bond acceptors (Lipinski definition) is 4. The summed E-state index contributed by atoms with van der Waals surface area (Å²) in [4.78, 5) is 12.3. The maximum atomic E-state index is 10.8. The van der Waals surface area contributed by atoms with Gasteiger partial charge in [-0.3, -0.25) is 4.79 Å². The van der Waals surface area contributed by atoms with E-state index >= 15 is 0 Å². The van der Waals surface area contributed by atoms with Crippen LogP contribution in [0, 0.1) is 12.3 Å². The van der Waals surface area contributed by atoms with Crippen LogP contribution in [0.3, 0.4) is 0 Å². The summed E-state index contributed by atoms with van der Waals surface area (Å²) in [6.45, 7) is -0.0259. The summed E-state index contributed by atoms with van der Waals surface area (Å²) in [5.41, 5.74) is 0. The summed E-state index contributed by atoms with van der Waals surface area (Å²) in [5, 5.41) is 18.5. The molecule has 0 saturated carbocycles. The van der Waals surface area contributed by atoms with E-state index in [0.29, 0.717) is 5.82 Å². The van der Waals surface area contributed by atoms with Gasteiger partial charge < -0.3 is 10.0 Å². The maximum Gasteiger partial charge on any atom is 0.323 e. The molecular formula is C13H11N3O2. The summed E-state index contributed by atoms with van der Waals surface area (Å²) in [5.74, 6) is 1.97. The van der Waals surface area contributed by atoms with Crippen molar-refractivity contribution in [3.8, 4) is 12.3 Å². The van der Waals surface area contributed by atoms with Crippen LogP contribution >= 0.6 is 0 Å². The van der Waals surface area contributed by atoms with E-state index in [9.17, 15) is 4.79 Å². The summed E-state index contributed by atoms with van der Waals surface area (Å²) >= 11 is 0. The van der Waals surface area contributed by atoms with E-state index in [-0.39, 0.29) is 13.1 Å². The first-order valence-corrected chi connectivity index (χ1v) is 5.33. The standard InChI is InChI=1S/C13H11N3O2/c1-2-7-16(9-12(17)18)13-11-6-4-3-5-10(11)8-14-15-13/h1,3-6,8H,7,9H2,(H,17,18). The first kappa shape index (κ1) is 11.9. The highest BCUT2D eigenvalue weighted by molar-refractivity contribution is 5.92. The van der Waals surface area contributed by atoms with Crippen molar-refractivity contribution >= 4 is 22.6 Å². The molecule has 5 heteroatoms. The predicted molar refractivity (Wildman–Crippen MR) is 68.2 cm³/mol. The fourth-order valence-electron chi connectivity index (χ4n) is 1.73. The Morgan fingerprint density at radius 2 is 2.22 bits per heavy atom. The molecule has 2 aromatic rings. The quantitative estimate of drug-likeness (QED) is 0.813. The lowest BCUT2D eigenvalue weighted by Gasteiger charge is -2.19. The molecule has 0 radical (unpaired) electrons. The molecule has 0 aliphatic rings. The van der Waals surface area contributed by atoms with Gasteiger partial charge in [0.05, 0.1) is 12.7 Å². The SMILES string of the molecule is C#CCN(CC(=O)O)c1nncc2ccccc12. The Morgan fingerprint density at radius 1 is 1.44 bits per heavy atom. The third-order valence-electron chi connectivity index (χ3n) is 2.46. The minimum Gasteiger partial charge on any atom is -0.480 e. The molecule has 2 rings (SSSR count). The number of fused-ring (bicyclic) bond motifs is 1. The molecule has 1 N–H and O–H groups in total. The van der Waals surface area contributed by atoms with Gasteiger partial charge in [0.15, 0.2) is 5.82 Å². The lowest BCUT2D eigenvalue weighted by Crippen LogP contribution is -2.31. The smallest absolute Gasteiger partial charge is 0.323 e. The van der Waals surface area contributed by atoms with Crippen LogP contribution in [-0.2, 0) is 4.79 Å². The number of nitrogens with zero attached hydrogens (tertiary/aromatic N) is 3. The van der Waals surface area contributed by atoms with Crippen molar-refractivity contribution in [3.63, 3.8) is 0 Å². The van der Waals surface area contributed by atoms with Crippen LogP contribution in [0.1, 0.15) is 0 Å². The van der Waals surface area contributed by atoms with Gasteiger partial charge in [-0.1, -0.05) is 30.2 Å². The normalized spacial score (nSPS) is 9.94. The largest absolute Gasteiger partial charge is 0.480 e. The van der Waals surface area contributed by atoms with Crippen molar-refractivity contribution in [1.29, 1.82) is 0 Å². The van der Waals surface area contributed by atoms with Crippen molar-refractivity contribution in [2.24, 2.45) is 0 Å². The highest BCUT2D eigenvalue weighted by atomic mass is 16.4. The molecule has 5 nitrogen and oxygen atoms in total. The van der Waals surface area contributed by atoms with Crippen LogP contribution in [-0.4, -0.2) is 34.4 Å². The van der Waals surface area contributed by atoms with Gasteiger partial charge >= 0.3 is 5.97 Å². The summed E-state index contributed by atoms with van der Waals surface area (Å²) < 4.78 is 0. The number of carboxylic acid groups (broad SMARTS) is 1. The average molecular weight is 241 g/mol. The molecule has 1 aromatic heterocycles. The molecule has 0 fully saturated rings. The summed E-state index contributed by atoms with van der Waals surface area (Å²) in [7, 11) is 0. The number of carboxylic acids is 1. The number of benzene rings is 1. The van der Waals surface area contributed by atoms with E-state index in [2.05, 4.69) is 16.1 Å². The third-order valence-corrected chi connectivity index (χ3v) is 2.46. The molecule has 0 spiro atoms. The molecule has 0 aliphatic heterocycles. The zero-order valence-corrected chi connectivity index (χ0v) is 9.58. The van der Waals surface area contributed by atoms with Crippen molar-refractivity contribution in [3.05, 3.63) is 30.5 Å². The first-order chi connectivity index (χ1) is 8.72. The summed E-state index contributed by atoms with van der Waals surface area (Å²) in [6, 6.07) is 7.51. The van der Waals surface area contributed by atoms with E-state index in [0.717, 1.165) is 10.8 Å². The number of anilines is 1. The Labute approximate surface area is 104 Å². The Morgan fingerprint density at radius 3 is 2.94 bits per heavy atom. The van der Waals surface area contributed by atoms with Crippen molar-refractivity contribution in [2.45, 2.75) is 0 Å². The van der Waals surface area contributed by atoms with Gasteiger partial charge in [0.25, 0.3) is 0 Å². The van der Waals surface area contributed by atoms with Crippen LogP contribution in [0.4, 0.5) is 5.82 Å². The Hall–Kier alpha value is -2.61. The van der Waals surface area contributed by atoms with Crippen molar-refractivity contribution < 1.29 is 9.90 Å². The van der Waals surface area contributed by atoms with Gasteiger partial charge in [-0.2, -0.15) is 5.10 Å². The van der Waals surface area contributed by atoms with E-state index < -0.39 is 5.97 Å². The van der Waals surface area contributed by atoms with E-state index in [1.54, 1.807) is 6.20 Å². The molecule has 90 valence electrons. The van der Waals surface area contributed by atoms with Gasteiger partial charge in [0.1, 0.15) is 6.54 Å². The molecule has 0 aliphatic carbocycles. The lowest BCUT2D eigenvalue weighted by atomic mass is 10.2. The molecular weight excluding hydrogens is 230 g/mol. The second kappa shape index (κ2) is 5.15. The molecule has 18 heavy (non-hydrogen) atoms. The number of hydrogen-bond donors (Lipinski definition) is 1. The zero-order chi connectivity index (χ0) is 13.0. The zero-order valence-electron chi connectivity index (χ0n) is 9.58. The van der Waals surface area contributed by atoms with Gasteiger partial charge in [0.2, 0.25) is 0 Å². The predicted octanol–water partition coefficient (Wildman–Crippen LogP) is 1.15. The number of aromatic nitrogens is 2. The molecule has 0 bridgehead atoms. The monoisotopic (exact) mass is 241 g/mol.